The van der Waals surface area contributed by atoms with Crippen LogP contribution in [-0.4, -0.2) is 13.1 Å². The molecular weight excluding hydrogens is 237 g/mol. The monoisotopic (exact) mass is 263 g/mol. The number of halogens is 1. The van der Waals surface area contributed by atoms with Crippen molar-refractivity contribution in [3.8, 4) is 0 Å². The van der Waals surface area contributed by atoms with Crippen LogP contribution in [0.2, 0.25) is 0 Å². The van der Waals surface area contributed by atoms with E-state index in [4.69, 9.17) is 0 Å². The molecule has 2 heteroatoms. The number of nitrogens with one attached hydrogen (secondary N) is 1. The molecule has 0 aliphatic heterocycles. The smallest absolute Gasteiger partial charge is 0.123 e. The van der Waals surface area contributed by atoms with Crippen LogP contribution in [0.3, 0.4) is 0 Å². The molecule has 1 nitrogen and oxygen atoms in total. The van der Waals surface area contributed by atoms with Gasteiger partial charge in [-0.3, -0.25) is 0 Å². The third-order valence-corrected chi connectivity index (χ3v) is 4.52. The summed E-state index contributed by atoms with van der Waals surface area (Å²) in [5.74, 6) is 2.26. The van der Waals surface area contributed by atoms with Crippen LogP contribution in [0, 0.1) is 23.6 Å². The lowest BCUT2D eigenvalue weighted by atomic mass is 9.73. The van der Waals surface area contributed by atoms with Crippen molar-refractivity contribution in [2.75, 3.05) is 7.05 Å². The van der Waals surface area contributed by atoms with Crippen molar-refractivity contribution < 1.29 is 4.39 Å². The summed E-state index contributed by atoms with van der Waals surface area (Å²) >= 11 is 0. The fourth-order valence-corrected chi connectivity index (χ4v) is 3.72. The number of hydrogen-bond acceptors (Lipinski definition) is 1. The van der Waals surface area contributed by atoms with Gasteiger partial charge >= 0.3 is 0 Å². The normalized spacial score (nSPS) is 29.2. The first-order chi connectivity index (χ1) is 9.08. The summed E-state index contributed by atoms with van der Waals surface area (Å²) in [5.41, 5.74) is 1.23. The lowest BCUT2D eigenvalue weighted by molar-refractivity contribution is 0.179. The van der Waals surface area contributed by atoms with E-state index in [-0.39, 0.29) is 5.82 Å². The van der Waals surface area contributed by atoms with E-state index < -0.39 is 0 Å². The van der Waals surface area contributed by atoms with Crippen molar-refractivity contribution in [1.29, 1.82) is 0 Å². The second kappa shape index (κ2) is 6.51. The molecule has 1 saturated carbocycles. The number of hydrogen-bond donors (Lipinski definition) is 1. The minimum Gasteiger partial charge on any atom is -0.316 e. The van der Waals surface area contributed by atoms with Gasteiger partial charge in [-0.05, 0) is 68.2 Å². The highest BCUT2D eigenvalue weighted by molar-refractivity contribution is 5.17. The zero-order valence-electron chi connectivity index (χ0n) is 12.3. The van der Waals surface area contributed by atoms with Gasteiger partial charge in [0.15, 0.2) is 0 Å². The van der Waals surface area contributed by atoms with Crippen molar-refractivity contribution in [1.82, 2.24) is 5.32 Å². The molecule has 0 bridgehead atoms. The summed E-state index contributed by atoms with van der Waals surface area (Å²) in [6, 6.07) is 7.46. The highest BCUT2D eigenvalue weighted by atomic mass is 19.1. The Labute approximate surface area is 116 Å². The van der Waals surface area contributed by atoms with Crippen molar-refractivity contribution in [3.63, 3.8) is 0 Å². The number of likely N-dealkylation sites (N-methyl/N-ethyl adjacent to an activating group) is 1. The first-order valence-electron chi connectivity index (χ1n) is 7.50. The van der Waals surface area contributed by atoms with Crippen LogP contribution in [0.1, 0.15) is 38.7 Å². The largest absolute Gasteiger partial charge is 0.316 e. The Hall–Kier alpha value is -0.890. The highest BCUT2D eigenvalue weighted by Crippen LogP contribution is 2.35. The Kier molecular flexibility index (Phi) is 4.98. The summed E-state index contributed by atoms with van der Waals surface area (Å²) < 4.78 is 12.9. The molecule has 1 N–H and O–H groups in total. The first kappa shape index (κ1) is 14.5. The molecular formula is C17H26FN. The van der Waals surface area contributed by atoms with Crippen LogP contribution < -0.4 is 5.32 Å². The second-order valence-corrected chi connectivity index (χ2v) is 6.40. The maximum atomic E-state index is 12.9. The van der Waals surface area contributed by atoms with Crippen LogP contribution in [0.25, 0.3) is 0 Å². The fraction of sp³-hybridized carbons (Fsp3) is 0.647. The molecule has 19 heavy (non-hydrogen) atoms. The van der Waals surface area contributed by atoms with Crippen LogP contribution in [-0.2, 0) is 6.42 Å². The topological polar surface area (TPSA) is 12.0 Å². The lowest BCUT2D eigenvalue weighted by Gasteiger charge is -2.36. The molecule has 106 valence electrons. The molecule has 2 rings (SSSR count). The van der Waals surface area contributed by atoms with Gasteiger partial charge in [0, 0.05) is 6.04 Å². The first-order valence-corrected chi connectivity index (χ1v) is 7.50. The fourth-order valence-electron chi connectivity index (χ4n) is 3.72. The van der Waals surface area contributed by atoms with Crippen molar-refractivity contribution >= 4 is 0 Å². The maximum Gasteiger partial charge on any atom is 0.123 e. The van der Waals surface area contributed by atoms with Gasteiger partial charge in [-0.2, -0.15) is 0 Å². The molecule has 0 spiro atoms. The predicted octanol–water partition coefficient (Wildman–Crippen LogP) is 4.03. The van der Waals surface area contributed by atoms with Gasteiger partial charge in [0.25, 0.3) is 0 Å². The van der Waals surface area contributed by atoms with Gasteiger partial charge in [-0.1, -0.05) is 26.0 Å². The Morgan fingerprint density at radius 1 is 1.11 bits per heavy atom. The van der Waals surface area contributed by atoms with Gasteiger partial charge in [0.2, 0.25) is 0 Å². The van der Waals surface area contributed by atoms with Gasteiger partial charge in [0.1, 0.15) is 5.82 Å². The maximum absolute atomic E-state index is 12.9. The highest BCUT2D eigenvalue weighted by Gasteiger charge is 2.29. The van der Waals surface area contributed by atoms with Crippen molar-refractivity contribution in [3.05, 3.63) is 35.6 Å². The van der Waals surface area contributed by atoms with E-state index >= 15 is 0 Å². The molecule has 0 radical (unpaired) electrons. The van der Waals surface area contributed by atoms with Crippen LogP contribution >= 0.6 is 0 Å². The Morgan fingerprint density at radius 2 is 1.68 bits per heavy atom. The second-order valence-electron chi connectivity index (χ2n) is 6.40. The quantitative estimate of drug-likeness (QED) is 0.865. The third-order valence-electron chi connectivity index (χ3n) is 4.52. The van der Waals surface area contributed by atoms with E-state index in [0.717, 1.165) is 24.2 Å². The summed E-state index contributed by atoms with van der Waals surface area (Å²) in [6.07, 6.45) is 5.00. The molecule has 1 aromatic carbocycles. The molecule has 0 aromatic heterocycles. The molecule has 1 aromatic rings. The van der Waals surface area contributed by atoms with E-state index in [2.05, 4.69) is 26.2 Å². The van der Waals surface area contributed by atoms with E-state index in [1.807, 2.05) is 12.1 Å². The number of benzene rings is 1. The van der Waals surface area contributed by atoms with E-state index in [0.29, 0.717) is 6.04 Å². The minimum absolute atomic E-state index is 0.148. The van der Waals surface area contributed by atoms with Gasteiger partial charge in [-0.15, -0.1) is 0 Å². The summed E-state index contributed by atoms with van der Waals surface area (Å²) in [6.45, 7) is 4.74. The minimum atomic E-state index is -0.148. The van der Waals surface area contributed by atoms with Crippen molar-refractivity contribution in [2.45, 2.75) is 45.6 Å². The molecule has 1 fully saturated rings. The zero-order valence-corrected chi connectivity index (χ0v) is 12.3. The Balaban J connectivity index is 2.01. The van der Waals surface area contributed by atoms with E-state index in [1.165, 1.54) is 24.8 Å². The summed E-state index contributed by atoms with van der Waals surface area (Å²) in [7, 11) is 2.05. The average molecular weight is 263 g/mol. The number of rotatable bonds is 4. The molecule has 1 aliphatic carbocycles. The van der Waals surface area contributed by atoms with Crippen molar-refractivity contribution in [2.24, 2.45) is 17.8 Å². The van der Waals surface area contributed by atoms with Crippen LogP contribution in [0.4, 0.5) is 4.39 Å². The zero-order chi connectivity index (χ0) is 13.8. The Morgan fingerprint density at radius 3 is 2.21 bits per heavy atom. The molecule has 3 atom stereocenters. The third kappa shape index (κ3) is 4.04. The van der Waals surface area contributed by atoms with Gasteiger partial charge in [0.05, 0.1) is 0 Å². The molecule has 0 heterocycles. The summed E-state index contributed by atoms with van der Waals surface area (Å²) in [4.78, 5) is 0. The average Bonchev–Trinajstić information content (AvgIpc) is 2.37. The Bertz CT molecular complexity index is 377. The van der Waals surface area contributed by atoms with Gasteiger partial charge < -0.3 is 5.32 Å². The SMILES string of the molecule is CNC(Cc1ccc(F)cc1)C1CC(C)CC(C)C1. The van der Waals surface area contributed by atoms with Crippen LogP contribution in [0.5, 0.6) is 0 Å². The molecule has 3 unspecified atom stereocenters. The van der Waals surface area contributed by atoms with Gasteiger partial charge in [-0.25, -0.2) is 4.39 Å². The standard InChI is InChI=1S/C17H26FN/c1-12-8-13(2)10-15(9-12)17(19-3)11-14-4-6-16(18)7-5-14/h4-7,12-13,15,17,19H,8-11H2,1-3H3. The molecule has 0 saturated heterocycles. The van der Waals surface area contributed by atoms with Crippen LogP contribution in [0.15, 0.2) is 24.3 Å². The van der Waals surface area contributed by atoms with E-state index in [1.54, 1.807) is 12.1 Å². The summed E-state index contributed by atoms with van der Waals surface area (Å²) in [5, 5.41) is 3.48. The lowest BCUT2D eigenvalue weighted by Crippen LogP contribution is -2.39. The molecule has 0 amide bonds. The molecule has 1 aliphatic rings. The van der Waals surface area contributed by atoms with E-state index in [9.17, 15) is 4.39 Å². The predicted molar refractivity (Wildman–Crippen MR) is 78.6 cm³/mol.